The quantitative estimate of drug-likeness (QED) is 0.0544. The highest BCUT2D eigenvalue weighted by molar-refractivity contribution is 7.80. The van der Waals surface area contributed by atoms with Gasteiger partial charge in [0.15, 0.2) is 0 Å². The highest BCUT2D eigenvalue weighted by atomic mass is 32.1. The third kappa shape index (κ3) is 8.81. The van der Waals surface area contributed by atoms with Gasteiger partial charge in [-0.3, -0.25) is 14.4 Å². The molecule has 0 fully saturated rings. The molecule has 5 aliphatic rings. The smallest absolute Gasteiger partial charge is 0.446 e. The Balaban J connectivity index is 1.15. The minimum atomic E-state index is -0.947. The van der Waals surface area contributed by atoms with Gasteiger partial charge in [0.05, 0.1) is 29.1 Å². The number of carbonyl (C=O) groups excluding carboxylic acids is 2. The maximum atomic E-state index is 13.7. The Bertz CT molecular complexity index is 2820. The summed E-state index contributed by atoms with van der Waals surface area (Å²) in [4.78, 5) is 41.8. The second kappa shape index (κ2) is 19.3. The van der Waals surface area contributed by atoms with Crippen LogP contribution in [0.5, 0.6) is 0 Å². The van der Waals surface area contributed by atoms with Crippen LogP contribution in [0.4, 0.5) is 0 Å². The fourth-order valence-corrected chi connectivity index (χ4v) is 10.6. The number of esters is 1. The van der Waals surface area contributed by atoms with Crippen molar-refractivity contribution in [3.8, 4) is 0 Å². The van der Waals surface area contributed by atoms with E-state index < -0.39 is 5.97 Å². The highest BCUT2D eigenvalue weighted by Gasteiger charge is 2.57. The molecule has 5 aliphatic heterocycles. The van der Waals surface area contributed by atoms with E-state index in [0.29, 0.717) is 56.7 Å². The number of carboxylic acids is 1. The number of nitrogens with zero attached hydrogens (tertiary/aromatic N) is 3. The summed E-state index contributed by atoms with van der Waals surface area (Å²) in [5, 5.41) is 17.2. The van der Waals surface area contributed by atoms with Crippen molar-refractivity contribution < 1.29 is 33.4 Å². The lowest BCUT2D eigenvalue weighted by molar-refractivity contribution is -0.767. The normalized spacial score (nSPS) is 16.6. The molecule has 12 heteroatoms. The Morgan fingerprint density at radius 3 is 2.03 bits per heavy atom. The van der Waals surface area contributed by atoms with Crippen LogP contribution in [0.3, 0.4) is 0 Å². The van der Waals surface area contributed by atoms with Gasteiger partial charge in [0.1, 0.15) is 6.54 Å². The first-order chi connectivity index (χ1) is 31.3. The van der Waals surface area contributed by atoms with Crippen molar-refractivity contribution in [1.82, 2.24) is 20.2 Å². The van der Waals surface area contributed by atoms with E-state index >= 15 is 0 Å². The number of carbonyl (C=O) groups is 3. The number of hydrogen-bond acceptors (Lipinski definition) is 5. The highest BCUT2D eigenvalue weighted by Crippen LogP contribution is 2.47. The van der Waals surface area contributed by atoms with E-state index in [4.69, 9.17) is 22.1 Å². The van der Waals surface area contributed by atoms with Gasteiger partial charge in [-0.1, -0.05) is 63.2 Å². The van der Waals surface area contributed by atoms with Gasteiger partial charge in [0.25, 0.3) is 0 Å². The summed E-state index contributed by atoms with van der Waals surface area (Å²) in [5.74, 6) is -1.12. The molecule has 0 saturated carbocycles. The number of hydrogen-bond donors (Lipinski definition) is 4. The number of aromatic nitrogens is 2. The van der Waals surface area contributed by atoms with E-state index in [-0.39, 0.29) is 24.7 Å². The molecule has 3 aromatic rings. The summed E-state index contributed by atoms with van der Waals surface area (Å²) in [5.41, 5.74) is 19.2. The first-order valence-electron chi connectivity index (χ1n) is 23.6. The Labute approximate surface area is 387 Å². The number of ether oxygens (including phenoxy) is 1. The molecule has 0 spiro atoms. The summed E-state index contributed by atoms with van der Waals surface area (Å²) in [6, 6.07) is 8.07. The third-order valence-electron chi connectivity index (χ3n) is 13.9. The van der Waals surface area contributed by atoms with Gasteiger partial charge >= 0.3 is 18.2 Å². The molecule has 8 rings (SSSR count). The molecule has 4 N–H and O–H groups in total. The Kier molecular flexibility index (Phi) is 13.6. The van der Waals surface area contributed by atoms with E-state index in [1.807, 2.05) is 31.2 Å². The summed E-state index contributed by atoms with van der Waals surface area (Å²) in [7, 11) is 0. The molecule has 1 atom stereocenters. The number of aliphatic carboxylic acids is 1. The predicted molar refractivity (Wildman–Crippen MR) is 260 cm³/mol. The van der Waals surface area contributed by atoms with Crippen LogP contribution < -0.4 is 21.3 Å². The lowest BCUT2D eigenvalue weighted by Gasteiger charge is -2.25. The number of carboxylic acid groups (broad SMARTS) is 1. The predicted octanol–water partition coefficient (Wildman–Crippen LogP) is 7.04. The second-order valence-corrected chi connectivity index (χ2v) is 18.5. The minimum Gasteiger partial charge on any atom is -0.480 e. The molecule has 0 radical (unpaired) electrons. The van der Waals surface area contributed by atoms with Gasteiger partial charge in [-0.15, -0.1) is 9.15 Å². The summed E-state index contributed by atoms with van der Waals surface area (Å²) >= 11 is 5.30. The number of unbranched alkanes of at least 4 members (excludes halogenated alkanes) is 2. The molecule has 7 heterocycles. The van der Waals surface area contributed by atoms with Gasteiger partial charge in [0.2, 0.25) is 28.7 Å². The zero-order valence-corrected chi connectivity index (χ0v) is 39.9. The zero-order valence-electron chi connectivity index (χ0n) is 39.1. The summed E-state index contributed by atoms with van der Waals surface area (Å²) < 4.78 is 13.0. The molecule has 11 nitrogen and oxygen atoms in total. The maximum absolute atomic E-state index is 13.7. The molecule has 65 heavy (non-hydrogen) atoms. The summed E-state index contributed by atoms with van der Waals surface area (Å²) in [6.07, 6.45) is 18.7. The fraction of sp³-hybridized carbons (Fsp3) is 0.434. The number of thiocarbonyl (C=S) groups is 1. The molecule has 340 valence electrons. The standard InChI is InChI=1S/C53H62N6O5S/c1-8-11-13-37-31(4)41-26-46-38(14-12-9-2)32(5)44-28-48-40(20-22-52(63)64-10-3)34(7)45-29-47-39(33(6)43(27-42(37)56-41)57(47)53(58(44)46)59(45)48)19-21-49(60)54-24-23-35-15-17-36(18-16-35)25-50(65)55-30-51(61)62/h15-18,26-29,53H,8-14,19-25,30H2,1-7H3,(H2-,54,55,60,61,62,65)/p+2. The van der Waals surface area contributed by atoms with Crippen molar-refractivity contribution in [3.63, 3.8) is 0 Å². The van der Waals surface area contributed by atoms with E-state index in [9.17, 15) is 14.4 Å². The van der Waals surface area contributed by atoms with Crippen molar-refractivity contribution in [2.24, 2.45) is 0 Å². The maximum Gasteiger partial charge on any atom is 0.446 e. The van der Waals surface area contributed by atoms with Crippen molar-refractivity contribution in [3.05, 3.63) is 119 Å². The Morgan fingerprint density at radius 1 is 0.738 bits per heavy atom. The average molecular weight is 897 g/mol. The Morgan fingerprint density at radius 2 is 1.37 bits per heavy atom. The molecule has 0 saturated heterocycles. The lowest BCUT2D eigenvalue weighted by Crippen LogP contribution is -2.42. The third-order valence-corrected chi connectivity index (χ3v) is 14.1. The molecule has 1 aromatic carbocycles. The van der Waals surface area contributed by atoms with Crippen LogP contribution in [0.15, 0.2) is 64.0 Å². The number of H-pyrrole nitrogens is 1. The van der Waals surface area contributed by atoms with Crippen LogP contribution in [0.1, 0.15) is 137 Å². The molecule has 1 unspecified atom stereocenters. The lowest BCUT2D eigenvalue weighted by atomic mass is 9.97. The average Bonchev–Trinajstić information content (AvgIpc) is 3.92. The van der Waals surface area contributed by atoms with E-state index in [1.165, 1.54) is 55.9 Å². The van der Waals surface area contributed by atoms with E-state index in [1.54, 1.807) is 0 Å². The van der Waals surface area contributed by atoms with E-state index in [2.05, 4.69) is 95.2 Å². The molecular formula is C53H64N6O5S+2. The van der Waals surface area contributed by atoms with Gasteiger partial charge in [-0.05, 0) is 119 Å². The molecule has 2 bridgehead atoms. The van der Waals surface area contributed by atoms with Crippen LogP contribution in [0.2, 0.25) is 0 Å². The largest absolute Gasteiger partial charge is 0.480 e. The number of amides is 1. The van der Waals surface area contributed by atoms with Gasteiger partial charge < -0.3 is 25.5 Å². The SMILES string of the molecule is CCCCc1c(C)c2n3c1C=c1[nH]c(c(CCCC)c1C)=CC1=[N+]4C(=CC5=[N+](C(=C2)C(CCC(=O)OCC)=C5C)C34)C(CCC(=O)NCCc2ccc(CC(=S)NCC(=O)O)cc2)=C1C. The number of aromatic amines is 1. The van der Waals surface area contributed by atoms with Crippen molar-refractivity contribution >= 4 is 64.7 Å². The first-order valence-corrected chi connectivity index (χ1v) is 24.1. The van der Waals surface area contributed by atoms with Crippen LogP contribution in [-0.4, -0.2) is 77.8 Å². The molecule has 0 aliphatic carbocycles. The number of rotatable bonds is 20. The second-order valence-electron chi connectivity index (χ2n) is 18.0. The number of benzene rings is 1. The zero-order chi connectivity index (χ0) is 46.1. The first kappa shape index (κ1) is 45.7. The van der Waals surface area contributed by atoms with Crippen molar-refractivity contribution in [2.75, 3.05) is 19.7 Å². The fourth-order valence-electron chi connectivity index (χ4n) is 10.3. The van der Waals surface area contributed by atoms with Crippen molar-refractivity contribution in [1.29, 1.82) is 0 Å². The van der Waals surface area contributed by atoms with Crippen molar-refractivity contribution in [2.45, 2.75) is 132 Å². The Hall–Kier alpha value is -5.88. The molecule has 2 aromatic heterocycles. The van der Waals surface area contributed by atoms with Gasteiger partial charge in [0, 0.05) is 70.9 Å². The van der Waals surface area contributed by atoms with Gasteiger partial charge in [-0.25, -0.2) is 4.57 Å². The number of fused-ring (bicyclic) bond motifs is 2. The molecular weight excluding hydrogens is 833 g/mol. The number of allylic oxidation sites excluding steroid dienone is 5. The van der Waals surface area contributed by atoms with E-state index in [0.717, 1.165) is 83.2 Å². The molecule has 1 amide bonds. The monoisotopic (exact) mass is 896 g/mol. The number of nitrogens with one attached hydrogen (secondary N) is 3. The van der Waals surface area contributed by atoms with Crippen LogP contribution >= 0.6 is 12.2 Å². The van der Waals surface area contributed by atoms with Crippen LogP contribution in [-0.2, 0) is 44.8 Å². The topological polar surface area (TPSA) is 131 Å². The minimum absolute atomic E-state index is 0.0118. The van der Waals surface area contributed by atoms with Crippen LogP contribution in [0.25, 0.3) is 18.2 Å². The summed E-state index contributed by atoms with van der Waals surface area (Å²) in [6.45, 7) is 16.0. The van der Waals surface area contributed by atoms with Crippen LogP contribution in [0, 0.1) is 13.8 Å². The van der Waals surface area contributed by atoms with Gasteiger partial charge in [-0.2, -0.15) is 0 Å².